The van der Waals surface area contributed by atoms with Crippen molar-refractivity contribution < 1.29 is 57.0 Å². The van der Waals surface area contributed by atoms with Crippen molar-refractivity contribution in [3.63, 3.8) is 0 Å². The highest BCUT2D eigenvalue weighted by atomic mass is 16.8. The summed E-state index contributed by atoms with van der Waals surface area (Å²) in [4.78, 5) is 40.9. The molecule has 1 amide bonds. The molecule has 2 bridgehead atoms. The molecule has 3 aliphatic rings. The van der Waals surface area contributed by atoms with E-state index in [0.29, 0.717) is 5.56 Å². The molecule has 66 heavy (non-hydrogen) atoms. The Labute approximate surface area is 382 Å². The van der Waals surface area contributed by atoms with Crippen molar-refractivity contribution in [3.05, 3.63) is 192 Å². The number of rotatable bonds is 17. The van der Waals surface area contributed by atoms with Crippen LogP contribution in [0.15, 0.2) is 164 Å². The second kappa shape index (κ2) is 21.3. The van der Waals surface area contributed by atoms with E-state index in [1.165, 1.54) is 6.92 Å². The Morgan fingerprint density at radius 2 is 1.12 bits per heavy atom. The van der Waals surface area contributed by atoms with Crippen molar-refractivity contribution in [1.29, 1.82) is 0 Å². The van der Waals surface area contributed by atoms with Crippen LogP contribution in [-0.4, -0.2) is 92.4 Å². The molecule has 9 rings (SSSR count). The minimum atomic E-state index is -1.35. The Morgan fingerprint density at radius 1 is 0.561 bits per heavy atom. The number of amides is 1. The molecule has 10 atom stereocenters. The second-order valence-electron chi connectivity index (χ2n) is 16.4. The Bertz CT molecular complexity index is 2530. The first-order valence-corrected chi connectivity index (χ1v) is 22.1. The fraction of sp³-hybridized carbons (Fsp3) is 0.302. The van der Waals surface area contributed by atoms with Gasteiger partial charge in [-0.2, -0.15) is 0 Å². The van der Waals surface area contributed by atoms with E-state index in [0.717, 1.165) is 27.5 Å². The summed E-state index contributed by atoms with van der Waals surface area (Å²) in [6.45, 7) is 1.64. The summed E-state index contributed by atoms with van der Waals surface area (Å²) in [6.07, 6.45) is -8.73. The highest BCUT2D eigenvalue weighted by Crippen LogP contribution is 2.38. The maximum absolute atomic E-state index is 14.1. The van der Waals surface area contributed by atoms with Crippen molar-refractivity contribution in [2.24, 2.45) is 0 Å². The van der Waals surface area contributed by atoms with Crippen molar-refractivity contribution in [1.82, 2.24) is 5.32 Å². The third-order valence-corrected chi connectivity index (χ3v) is 11.8. The first-order valence-electron chi connectivity index (χ1n) is 22.1. The fourth-order valence-corrected chi connectivity index (χ4v) is 8.54. The summed E-state index contributed by atoms with van der Waals surface area (Å²) in [5.74, 6) is -1.73. The van der Waals surface area contributed by atoms with Crippen LogP contribution in [0.2, 0.25) is 0 Å². The molecule has 13 nitrogen and oxygen atoms in total. The zero-order chi connectivity index (χ0) is 45.2. The number of nitrogens with one attached hydrogen (secondary N) is 1. The SMILES string of the molecule is CC(=O)N[C@H]1[C@@H](O[C@@H]2[C@@H](OCc3ccccc3)[C@@H](OCc3ccccc3)[C@@H]3OC[C@@H]2O3)O[C@H](COC(=O)c2ccccc2)[C@@H](OCc2ccc3ccccc3c2)[C@@H]1OC(=O)c1ccccc1. The van der Waals surface area contributed by atoms with Crippen LogP contribution in [0, 0.1) is 0 Å². The van der Waals surface area contributed by atoms with Crippen LogP contribution < -0.4 is 5.32 Å². The average Bonchev–Trinajstić information content (AvgIpc) is 3.80. The third kappa shape index (κ3) is 10.9. The molecule has 3 aliphatic heterocycles. The van der Waals surface area contributed by atoms with Gasteiger partial charge in [-0.25, -0.2) is 9.59 Å². The zero-order valence-electron chi connectivity index (χ0n) is 36.3. The molecule has 0 saturated carbocycles. The minimum absolute atomic E-state index is 0.0484. The van der Waals surface area contributed by atoms with Gasteiger partial charge in [0, 0.05) is 6.92 Å². The van der Waals surface area contributed by atoms with Gasteiger partial charge in [0.15, 0.2) is 18.7 Å². The molecule has 3 fully saturated rings. The number of fused-ring (bicyclic) bond motifs is 3. The number of esters is 2. The smallest absolute Gasteiger partial charge is 0.338 e. The minimum Gasteiger partial charge on any atom is -0.459 e. The predicted octanol–water partition coefficient (Wildman–Crippen LogP) is 7.35. The highest BCUT2D eigenvalue weighted by Gasteiger charge is 2.57. The lowest BCUT2D eigenvalue weighted by Crippen LogP contribution is -2.68. The van der Waals surface area contributed by atoms with Gasteiger partial charge in [0.05, 0.1) is 37.6 Å². The van der Waals surface area contributed by atoms with Crippen LogP contribution in [0.5, 0.6) is 0 Å². The molecular weight excluding hydrogens is 843 g/mol. The summed E-state index contributed by atoms with van der Waals surface area (Å²) < 4.78 is 58.8. The van der Waals surface area contributed by atoms with Crippen LogP contribution in [0.25, 0.3) is 10.8 Å². The van der Waals surface area contributed by atoms with Gasteiger partial charge in [-0.15, -0.1) is 0 Å². The predicted molar refractivity (Wildman–Crippen MR) is 241 cm³/mol. The Morgan fingerprint density at radius 3 is 1.77 bits per heavy atom. The van der Waals surface area contributed by atoms with Gasteiger partial charge in [-0.1, -0.05) is 133 Å². The largest absolute Gasteiger partial charge is 0.459 e. The molecular formula is C53H51NO12. The number of hydrogen-bond acceptors (Lipinski definition) is 12. The summed E-state index contributed by atoms with van der Waals surface area (Å²) in [6, 6.07) is 49.3. The van der Waals surface area contributed by atoms with Crippen molar-refractivity contribution in [2.45, 2.75) is 88.1 Å². The van der Waals surface area contributed by atoms with Crippen molar-refractivity contribution >= 4 is 28.6 Å². The van der Waals surface area contributed by atoms with Gasteiger partial charge in [0.1, 0.15) is 49.3 Å². The molecule has 3 saturated heterocycles. The normalized spacial score (nSPS) is 25.8. The zero-order valence-corrected chi connectivity index (χ0v) is 36.3. The molecule has 0 spiro atoms. The monoisotopic (exact) mass is 893 g/mol. The Kier molecular flexibility index (Phi) is 14.5. The maximum atomic E-state index is 14.1. The van der Waals surface area contributed by atoms with Gasteiger partial charge in [0.2, 0.25) is 5.91 Å². The van der Waals surface area contributed by atoms with Gasteiger partial charge in [-0.3, -0.25) is 4.79 Å². The van der Waals surface area contributed by atoms with E-state index in [4.69, 9.17) is 42.6 Å². The first kappa shape index (κ1) is 44.9. The molecule has 6 aromatic carbocycles. The summed E-state index contributed by atoms with van der Waals surface area (Å²) in [7, 11) is 0. The van der Waals surface area contributed by atoms with Crippen LogP contribution >= 0.6 is 0 Å². The summed E-state index contributed by atoms with van der Waals surface area (Å²) >= 11 is 0. The van der Waals surface area contributed by atoms with Gasteiger partial charge >= 0.3 is 11.9 Å². The number of ether oxygens (including phenoxy) is 9. The molecule has 3 heterocycles. The average molecular weight is 894 g/mol. The fourth-order valence-electron chi connectivity index (χ4n) is 8.54. The maximum Gasteiger partial charge on any atom is 0.338 e. The van der Waals surface area contributed by atoms with Crippen LogP contribution in [-0.2, 0) is 67.2 Å². The van der Waals surface area contributed by atoms with E-state index < -0.39 is 79.2 Å². The second-order valence-corrected chi connectivity index (χ2v) is 16.4. The highest BCUT2D eigenvalue weighted by molar-refractivity contribution is 5.90. The molecule has 0 radical (unpaired) electrons. The lowest BCUT2D eigenvalue weighted by atomic mass is 9.94. The van der Waals surface area contributed by atoms with Gasteiger partial charge < -0.3 is 47.9 Å². The van der Waals surface area contributed by atoms with Crippen LogP contribution in [0.1, 0.15) is 44.3 Å². The first-order chi connectivity index (χ1) is 32.4. The molecule has 340 valence electrons. The standard InChI is InChI=1S/C53H51NO12/c1-34(55)54-44-47(65-51(57)40-23-12-5-13-24-40)45(58-31-37-26-27-38-20-14-15-25-41(38)28-37)42(32-61-50(56)39-21-10-4-11-22-39)63-52(44)66-46-43-33-62-53(64-43)49(60-30-36-18-8-3-9-19-36)48(46)59-29-35-16-6-2-7-17-35/h2-28,42-49,52-53H,29-33H2,1H3,(H,54,55)/t42-,43+,44-,45-,46+,47-,48-,49-,52-,53-/m1/s1. The van der Waals surface area contributed by atoms with Crippen LogP contribution in [0.3, 0.4) is 0 Å². The molecule has 0 aliphatic carbocycles. The van der Waals surface area contributed by atoms with E-state index >= 15 is 0 Å². The number of carbonyl (C=O) groups excluding carboxylic acids is 3. The summed E-state index contributed by atoms with van der Waals surface area (Å²) in [5, 5.41) is 5.03. The topological polar surface area (TPSA) is 146 Å². The van der Waals surface area contributed by atoms with E-state index in [2.05, 4.69) is 5.32 Å². The number of carbonyl (C=O) groups is 3. The van der Waals surface area contributed by atoms with E-state index in [1.54, 1.807) is 60.7 Å². The van der Waals surface area contributed by atoms with Crippen LogP contribution in [0.4, 0.5) is 0 Å². The number of hydrogen-bond donors (Lipinski definition) is 1. The lowest BCUT2D eigenvalue weighted by Gasteiger charge is -2.48. The molecule has 0 unspecified atom stereocenters. The lowest BCUT2D eigenvalue weighted by molar-refractivity contribution is -0.329. The van der Waals surface area contributed by atoms with E-state index in [-0.39, 0.29) is 38.6 Å². The van der Waals surface area contributed by atoms with Crippen molar-refractivity contribution in [3.8, 4) is 0 Å². The number of benzene rings is 6. The molecule has 1 N–H and O–H groups in total. The van der Waals surface area contributed by atoms with Gasteiger partial charge in [-0.05, 0) is 57.8 Å². The Balaban J connectivity index is 1.07. The molecule has 0 aromatic heterocycles. The third-order valence-electron chi connectivity index (χ3n) is 11.8. The Hall–Kier alpha value is -6.29. The molecule has 6 aromatic rings. The molecule has 13 heteroatoms. The van der Waals surface area contributed by atoms with Crippen molar-refractivity contribution in [2.75, 3.05) is 13.2 Å². The van der Waals surface area contributed by atoms with Gasteiger partial charge in [0.25, 0.3) is 0 Å². The summed E-state index contributed by atoms with van der Waals surface area (Å²) in [5.41, 5.74) is 3.27. The quantitative estimate of drug-likeness (QED) is 0.0914. The van der Waals surface area contributed by atoms with E-state index in [1.807, 2.05) is 103 Å². The van der Waals surface area contributed by atoms with E-state index in [9.17, 15) is 14.4 Å².